The molecule has 2 saturated heterocycles. The van der Waals surface area contributed by atoms with Crippen LogP contribution < -0.4 is 17.0 Å². The molecule has 0 unspecified atom stereocenters. The van der Waals surface area contributed by atoms with Gasteiger partial charge in [0.25, 0.3) is 5.91 Å². The summed E-state index contributed by atoms with van der Waals surface area (Å²) in [7, 11) is 3.02. The van der Waals surface area contributed by atoms with Gasteiger partial charge in [-0.3, -0.25) is 14.4 Å². The van der Waals surface area contributed by atoms with Crippen LogP contribution in [0.1, 0.15) is 62.3 Å². The molecular weight excluding hydrogens is 571 g/mol. The zero-order valence-electron chi connectivity index (χ0n) is 25.4. The zero-order chi connectivity index (χ0) is 27.3. The summed E-state index contributed by atoms with van der Waals surface area (Å²) in [6, 6.07) is 0. The number of Topliss-reactive ketones (excluding diaryl/α,β-unsaturated/α-hetero) is 1. The number of halogens is 1. The number of carbonyl (C=O) groups excluding carboxylic acids is 4. The van der Waals surface area contributed by atoms with Gasteiger partial charge in [-0.1, -0.05) is 13.8 Å². The molecule has 0 aliphatic carbocycles. The first-order valence-electron chi connectivity index (χ1n) is 12.1. The molecule has 0 bridgehead atoms. The summed E-state index contributed by atoms with van der Waals surface area (Å²) >= 11 is 0. The minimum Gasteiger partial charge on any atom is -1.00 e. The summed E-state index contributed by atoms with van der Waals surface area (Å²) in [4.78, 5) is 55.2. The summed E-state index contributed by atoms with van der Waals surface area (Å²) in [5, 5.41) is 1.21. The van der Waals surface area contributed by atoms with Gasteiger partial charge < -0.3 is 43.7 Å². The second-order valence-electron chi connectivity index (χ2n) is 11.6. The number of hydrogen-bond acceptors (Lipinski definition) is 7. The van der Waals surface area contributed by atoms with Crippen molar-refractivity contribution in [2.75, 3.05) is 40.3 Å². The van der Waals surface area contributed by atoms with E-state index in [1.54, 1.807) is 23.8 Å². The van der Waals surface area contributed by atoms with E-state index in [1.807, 2.05) is 55.4 Å². The number of amides is 3. The van der Waals surface area contributed by atoms with Crippen LogP contribution >= 0.6 is 0 Å². The third-order valence-corrected chi connectivity index (χ3v) is 5.95. The fourth-order valence-electron chi connectivity index (χ4n) is 4.06. The number of rotatable bonds is 3. The molecule has 0 spiro atoms. The van der Waals surface area contributed by atoms with Crippen molar-refractivity contribution >= 4 is 46.9 Å². The van der Waals surface area contributed by atoms with Gasteiger partial charge in [-0.05, 0) is 60.3 Å². The van der Waals surface area contributed by atoms with E-state index in [9.17, 15) is 19.2 Å². The van der Waals surface area contributed by atoms with Crippen LogP contribution in [-0.4, -0.2) is 113 Å². The van der Waals surface area contributed by atoms with Gasteiger partial charge in [-0.2, -0.15) is 0 Å². The fraction of sp³-hybridized carbons (Fsp3) is 0.808. The molecule has 4 atom stereocenters. The van der Waals surface area contributed by atoms with Gasteiger partial charge in [-0.15, -0.1) is 0 Å². The molecule has 2 aliphatic heterocycles. The van der Waals surface area contributed by atoms with Crippen molar-refractivity contribution in [1.29, 1.82) is 0 Å². The van der Waals surface area contributed by atoms with Gasteiger partial charge >= 0.3 is 35.2 Å². The molecule has 2 heterocycles. The Morgan fingerprint density at radius 2 is 1.11 bits per heavy atom. The Hall–Kier alpha value is -1.11. The van der Waals surface area contributed by atoms with E-state index >= 15 is 0 Å². The number of hydroxylamine groups is 2. The Labute approximate surface area is 256 Å². The minimum absolute atomic E-state index is 0. The van der Waals surface area contributed by atoms with Crippen molar-refractivity contribution in [2.24, 2.45) is 23.7 Å². The Kier molecular flexibility index (Phi) is 18.4. The van der Waals surface area contributed by atoms with E-state index in [0.29, 0.717) is 26.2 Å². The van der Waals surface area contributed by atoms with Crippen molar-refractivity contribution in [3.63, 3.8) is 0 Å². The SMILES string of the molecule is CC(=O)[C@@H]1CN(C(=O)OC(C)(C)C)C[C@H]1C.CON(C)C(=O)[C@@H]1CN(C(=O)OC(C)(C)C)C[C@H]1C.[Br-].[CH3-].[Mg+2]. The van der Waals surface area contributed by atoms with E-state index in [0.717, 1.165) is 0 Å². The van der Waals surface area contributed by atoms with Gasteiger partial charge in [0.2, 0.25) is 0 Å². The second-order valence-corrected chi connectivity index (χ2v) is 11.6. The average Bonchev–Trinajstić information content (AvgIpc) is 3.28. The molecule has 2 rings (SSSR count). The fourth-order valence-corrected chi connectivity index (χ4v) is 4.06. The summed E-state index contributed by atoms with van der Waals surface area (Å²) in [5.41, 5.74) is -1.000. The molecule has 218 valence electrons. The van der Waals surface area contributed by atoms with Crippen LogP contribution in [0.25, 0.3) is 0 Å². The minimum atomic E-state index is -0.522. The molecule has 12 heteroatoms. The monoisotopic (exact) mass is 617 g/mol. The summed E-state index contributed by atoms with van der Waals surface area (Å²) in [5.74, 6) is 0.0900. The maximum absolute atomic E-state index is 12.1. The van der Waals surface area contributed by atoms with Gasteiger partial charge in [0, 0.05) is 39.1 Å². The molecule has 10 nitrogen and oxygen atoms in total. The predicted molar refractivity (Wildman–Crippen MR) is 144 cm³/mol. The Morgan fingerprint density at radius 3 is 1.39 bits per heavy atom. The van der Waals surface area contributed by atoms with Crippen molar-refractivity contribution in [3.8, 4) is 0 Å². The van der Waals surface area contributed by atoms with Gasteiger partial charge in [0.1, 0.15) is 17.0 Å². The van der Waals surface area contributed by atoms with E-state index in [2.05, 4.69) is 0 Å². The topological polar surface area (TPSA) is 106 Å². The molecule has 2 fully saturated rings. The van der Waals surface area contributed by atoms with Crippen molar-refractivity contribution in [2.45, 2.75) is 73.5 Å². The van der Waals surface area contributed by atoms with Crippen LogP contribution in [-0.2, 0) is 23.9 Å². The van der Waals surface area contributed by atoms with Gasteiger partial charge in [-0.25, -0.2) is 14.7 Å². The van der Waals surface area contributed by atoms with Crippen LogP contribution in [0.2, 0.25) is 0 Å². The average molecular weight is 619 g/mol. The van der Waals surface area contributed by atoms with E-state index < -0.39 is 11.2 Å². The molecular formula is C26H48BrMgN3O7. The quantitative estimate of drug-likeness (QED) is 0.260. The summed E-state index contributed by atoms with van der Waals surface area (Å²) < 4.78 is 10.6. The number of ketones is 1. The number of hydrogen-bond donors (Lipinski definition) is 0. The Bertz CT molecular complexity index is 786. The maximum Gasteiger partial charge on any atom is 2.00 e. The molecule has 2 aliphatic rings. The first kappa shape index (κ1) is 41.4. The van der Waals surface area contributed by atoms with E-state index in [-0.39, 0.29) is 95.0 Å². The normalized spacial score (nSPS) is 22.5. The Morgan fingerprint density at radius 1 is 0.763 bits per heavy atom. The largest absolute Gasteiger partial charge is 2.00 e. The number of carbonyl (C=O) groups is 4. The first-order valence-corrected chi connectivity index (χ1v) is 12.1. The van der Waals surface area contributed by atoms with Crippen molar-refractivity contribution in [3.05, 3.63) is 7.43 Å². The van der Waals surface area contributed by atoms with Crippen LogP contribution in [0.3, 0.4) is 0 Å². The smallest absolute Gasteiger partial charge is 1.00 e. The van der Waals surface area contributed by atoms with Crippen molar-refractivity contribution in [1.82, 2.24) is 14.9 Å². The Balaban J connectivity index is -0.000000605. The number of likely N-dealkylation sites (tertiary alicyclic amines) is 2. The number of ether oxygens (including phenoxy) is 2. The first-order chi connectivity index (χ1) is 15.9. The van der Waals surface area contributed by atoms with Gasteiger partial charge in [0.15, 0.2) is 0 Å². The number of nitrogens with zero attached hydrogens (tertiary/aromatic N) is 3. The molecule has 0 aromatic carbocycles. The van der Waals surface area contributed by atoms with Gasteiger partial charge in [0.05, 0.1) is 13.0 Å². The zero-order valence-corrected chi connectivity index (χ0v) is 28.4. The summed E-state index contributed by atoms with van der Waals surface area (Å²) in [6.45, 7) is 18.5. The van der Waals surface area contributed by atoms with Crippen LogP contribution in [0.4, 0.5) is 9.59 Å². The molecule has 0 aromatic rings. The summed E-state index contributed by atoms with van der Waals surface area (Å²) in [6.07, 6.45) is -0.683. The third-order valence-electron chi connectivity index (χ3n) is 5.95. The molecule has 38 heavy (non-hydrogen) atoms. The molecule has 0 saturated carbocycles. The van der Waals surface area contributed by atoms with E-state index in [4.69, 9.17) is 14.3 Å². The molecule has 0 N–H and O–H groups in total. The third kappa shape index (κ3) is 13.3. The molecule has 3 amide bonds. The van der Waals surface area contributed by atoms with Crippen molar-refractivity contribution < 1.29 is 50.5 Å². The standard InChI is InChI=1S/C13H24N2O4.C12H21NO3.CH3.BrH.Mg/c1-9-7-15(12(17)19-13(2,3)4)8-10(9)11(16)14(5)18-6;1-8-6-13(7-10(8)9(2)14)11(15)16-12(3,4)5;;;/h9-10H,7-8H2,1-6H3;8,10H,6-7H2,1-5H3;1H3;1H;/q;;-1;;+2/p-1/t9-,10-;8-,10-;;;/m11.../s1. The van der Waals surface area contributed by atoms with Crippen LogP contribution in [0, 0.1) is 31.1 Å². The molecule has 0 aromatic heterocycles. The van der Waals surface area contributed by atoms with E-state index in [1.165, 1.54) is 12.2 Å². The van der Waals surface area contributed by atoms with Crippen LogP contribution in [0.15, 0.2) is 0 Å². The predicted octanol–water partition coefficient (Wildman–Crippen LogP) is 0.661. The molecule has 0 radical (unpaired) electrons. The van der Waals surface area contributed by atoms with Crippen LogP contribution in [0.5, 0.6) is 0 Å². The second kappa shape index (κ2) is 16.9. The maximum atomic E-state index is 12.1.